The number of amides is 1. The molecule has 2 saturated heterocycles. The number of hydrogen-bond donors (Lipinski definition) is 1. The van der Waals surface area contributed by atoms with Crippen LogP contribution in [0.5, 0.6) is 0 Å². The van der Waals surface area contributed by atoms with Crippen molar-refractivity contribution in [3.8, 4) is 28.1 Å². The predicted molar refractivity (Wildman–Crippen MR) is 171 cm³/mol. The number of piperidine rings is 2. The fourth-order valence-corrected chi connectivity index (χ4v) is 7.37. The predicted octanol–water partition coefficient (Wildman–Crippen LogP) is 6.19. The Hall–Kier alpha value is -2.27. The zero-order chi connectivity index (χ0) is 30.3. The Labute approximate surface area is 269 Å². The first-order valence-electron chi connectivity index (χ1n) is 14.7. The summed E-state index contributed by atoms with van der Waals surface area (Å²) in [6, 6.07) is 8.97. The van der Waals surface area contributed by atoms with Crippen molar-refractivity contribution in [1.82, 2.24) is 29.6 Å². The average molecular weight is 663 g/mol. The number of rotatable bonds is 9. The smallest absolute Gasteiger partial charge is 0.286 e. The first-order chi connectivity index (χ1) is 20.9. The van der Waals surface area contributed by atoms with Crippen LogP contribution in [0.25, 0.3) is 16.3 Å². The maximum absolute atomic E-state index is 13.9. The van der Waals surface area contributed by atoms with Gasteiger partial charge in [-0.25, -0.2) is 14.7 Å². The Morgan fingerprint density at radius 1 is 1.09 bits per heavy atom. The lowest BCUT2D eigenvalue weighted by atomic mass is 10.1. The minimum Gasteiger partial charge on any atom is -0.759 e. The van der Waals surface area contributed by atoms with Crippen molar-refractivity contribution in [3.05, 3.63) is 56.5 Å². The Morgan fingerprint density at radius 3 is 2.49 bits per heavy atom. The van der Waals surface area contributed by atoms with E-state index >= 15 is 0 Å². The van der Waals surface area contributed by atoms with Crippen LogP contribution in [0.3, 0.4) is 0 Å². The van der Waals surface area contributed by atoms with Gasteiger partial charge >= 0.3 is 0 Å². The summed E-state index contributed by atoms with van der Waals surface area (Å²) in [6.07, 6.45) is 7.69. The minimum atomic E-state index is -2.57. The van der Waals surface area contributed by atoms with Crippen molar-refractivity contribution < 1.29 is 13.6 Å². The SMILES string of the molecule is CCCC#Cc1ccc(-c2c(CN(N3CCCCC3)S(=O)[O-])c(C(=O)NN3CCCCC3)nn2-c2ccc(Cl)cc2Cl)s1. The molecular formula is C30H35Cl2N6O3S2-. The van der Waals surface area contributed by atoms with E-state index in [9.17, 15) is 13.6 Å². The van der Waals surface area contributed by atoms with Crippen LogP contribution < -0.4 is 5.43 Å². The molecule has 4 heterocycles. The number of thiophene rings is 1. The Balaban J connectivity index is 1.67. The van der Waals surface area contributed by atoms with Gasteiger partial charge in [-0.05, 0) is 62.4 Å². The molecule has 0 spiro atoms. The van der Waals surface area contributed by atoms with Crippen molar-refractivity contribution >= 4 is 51.7 Å². The molecule has 9 nitrogen and oxygen atoms in total. The minimum absolute atomic E-state index is 0.0614. The van der Waals surface area contributed by atoms with E-state index in [-0.39, 0.29) is 12.2 Å². The van der Waals surface area contributed by atoms with Crippen molar-refractivity contribution in [2.45, 2.75) is 64.8 Å². The molecule has 5 rings (SSSR count). The van der Waals surface area contributed by atoms with Crippen LogP contribution in [0.15, 0.2) is 30.3 Å². The van der Waals surface area contributed by atoms with E-state index in [0.717, 1.165) is 74.2 Å². The van der Waals surface area contributed by atoms with Gasteiger partial charge in [-0.15, -0.1) is 11.3 Å². The quantitative estimate of drug-likeness (QED) is 0.217. The largest absolute Gasteiger partial charge is 0.759 e. The number of carbonyl (C=O) groups is 1. The fourth-order valence-electron chi connectivity index (χ4n) is 5.35. The maximum Gasteiger partial charge on any atom is 0.286 e. The monoisotopic (exact) mass is 661 g/mol. The van der Waals surface area contributed by atoms with Crippen LogP contribution >= 0.6 is 34.5 Å². The molecule has 2 aliphatic rings. The lowest BCUT2D eigenvalue weighted by Gasteiger charge is -2.38. The highest BCUT2D eigenvalue weighted by Gasteiger charge is 2.31. The number of hydrazine groups is 2. The molecule has 1 atom stereocenters. The molecule has 1 amide bonds. The molecule has 13 heteroatoms. The summed E-state index contributed by atoms with van der Waals surface area (Å²) < 4.78 is 28.3. The molecule has 1 unspecified atom stereocenters. The molecule has 230 valence electrons. The number of nitrogens with zero attached hydrogens (tertiary/aromatic N) is 5. The first kappa shape index (κ1) is 32.1. The van der Waals surface area contributed by atoms with Gasteiger partial charge in [0.2, 0.25) is 0 Å². The number of halogens is 2. The van der Waals surface area contributed by atoms with Crippen molar-refractivity contribution in [2.75, 3.05) is 26.2 Å². The van der Waals surface area contributed by atoms with E-state index in [4.69, 9.17) is 28.3 Å². The fraction of sp³-hybridized carbons (Fsp3) is 0.467. The van der Waals surface area contributed by atoms with E-state index < -0.39 is 17.2 Å². The van der Waals surface area contributed by atoms with Gasteiger partial charge in [-0.1, -0.05) is 54.8 Å². The standard InChI is InChI=1S/C30H36Cl2N6O3S2/c1-2-3-6-11-23-13-15-27(42-23)29-24(21-37(43(40)41)36-18-9-5-10-19-36)28(30(39)34-35-16-7-4-8-17-35)33-38(29)26-14-12-22(31)20-25(26)32/h12-15,20H,2-5,7-10,16-19,21H2,1H3,(H,34,39)(H,40,41)/p-1. The second-order valence-corrected chi connectivity index (χ2v) is 13.4. The molecule has 2 aromatic heterocycles. The van der Waals surface area contributed by atoms with Gasteiger partial charge in [-0.3, -0.25) is 14.4 Å². The summed E-state index contributed by atoms with van der Waals surface area (Å²) in [5.41, 5.74) is 4.78. The van der Waals surface area contributed by atoms with E-state index in [1.807, 2.05) is 22.2 Å². The van der Waals surface area contributed by atoms with E-state index in [2.05, 4.69) is 24.2 Å². The van der Waals surface area contributed by atoms with Gasteiger partial charge in [0, 0.05) is 54.5 Å². The molecule has 2 fully saturated rings. The molecule has 0 aliphatic carbocycles. The zero-order valence-corrected chi connectivity index (χ0v) is 27.3. The Bertz CT molecular complexity index is 1520. The molecule has 1 aromatic carbocycles. The lowest BCUT2D eigenvalue weighted by molar-refractivity contribution is 0.0303. The van der Waals surface area contributed by atoms with Crippen LogP contribution in [0, 0.1) is 11.8 Å². The summed E-state index contributed by atoms with van der Waals surface area (Å²) >= 11 is 11.8. The molecule has 3 aromatic rings. The third kappa shape index (κ3) is 7.88. The number of hydrogen-bond acceptors (Lipinski definition) is 7. The number of carbonyl (C=O) groups excluding carboxylic acids is 1. The normalized spacial score (nSPS) is 17.0. The number of nitrogens with one attached hydrogen (secondary N) is 1. The average Bonchev–Trinajstić information content (AvgIpc) is 3.61. The highest BCUT2D eigenvalue weighted by Crippen LogP contribution is 2.37. The lowest BCUT2D eigenvalue weighted by Crippen LogP contribution is -2.47. The highest BCUT2D eigenvalue weighted by molar-refractivity contribution is 7.76. The summed E-state index contributed by atoms with van der Waals surface area (Å²) in [4.78, 5) is 15.6. The number of aromatic nitrogens is 2. The topological polar surface area (TPSA) is 96.8 Å². The summed E-state index contributed by atoms with van der Waals surface area (Å²) in [5, 5.41) is 9.39. The zero-order valence-electron chi connectivity index (χ0n) is 24.1. The van der Waals surface area contributed by atoms with Crippen LogP contribution in [0.2, 0.25) is 10.0 Å². The third-order valence-electron chi connectivity index (χ3n) is 7.49. The molecule has 0 bridgehead atoms. The van der Waals surface area contributed by atoms with E-state index in [1.54, 1.807) is 22.9 Å². The summed E-state index contributed by atoms with van der Waals surface area (Å²) in [6.45, 7) is 4.74. The van der Waals surface area contributed by atoms with Crippen LogP contribution in [0.4, 0.5) is 0 Å². The summed E-state index contributed by atoms with van der Waals surface area (Å²) in [5.74, 6) is 6.02. The first-order valence-corrected chi connectivity index (χ1v) is 17.3. The van der Waals surface area contributed by atoms with Crippen molar-refractivity contribution in [2.24, 2.45) is 0 Å². The highest BCUT2D eigenvalue weighted by atomic mass is 35.5. The Kier molecular flexibility index (Phi) is 11.3. The third-order valence-corrected chi connectivity index (χ3v) is 9.74. The van der Waals surface area contributed by atoms with Gasteiger partial charge in [-0.2, -0.15) is 9.51 Å². The van der Waals surface area contributed by atoms with Gasteiger partial charge in [0.05, 0.1) is 32.7 Å². The molecular weight excluding hydrogens is 627 g/mol. The maximum atomic E-state index is 13.9. The van der Waals surface area contributed by atoms with Gasteiger partial charge in [0.1, 0.15) is 0 Å². The van der Waals surface area contributed by atoms with Crippen molar-refractivity contribution in [1.29, 1.82) is 0 Å². The van der Waals surface area contributed by atoms with Crippen LogP contribution in [-0.2, 0) is 17.8 Å². The Morgan fingerprint density at radius 2 is 1.81 bits per heavy atom. The second kappa shape index (κ2) is 15.1. The van der Waals surface area contributed by atoms with E-state index in [0.29, 0.717) is 40.1 Å². The molecule has 0 radical (unpaired) electrons. The molecule has 43 heavy (non-hydrogen) atoms. The molecule has 0 saturated carbocycles. The van der Waals surface area contributed by atoms with Crippen molar-refractivity contribution in [3.63, 3.8) is 0 Å². The van der Waals surface area contributed by atoms with Gasteiger partial charge in [0.25, 0.3) is 5.91 Å². The second-order valence-electron chi connectivity index (χ2n) is 10.6. The van der Waals surface area contributed by atoms with Crippen LogP contribution in [-0.4, -0.2) is 65.1 Å². The molecule has 2 aliphatic heterocycles. The van der Waals surface area contributed by atoms with Gasteiger partial charge < -0.3 is 4.55 Å². The molecule has 1 N–H and O–H groups in total. The van der Waals surface area contributed by atoms with Gasteiger partial charge in [0.15, 0.2) is 5.69 Å². The summed E-state index contributed by atoms with van der Waals surface area (Å²) in [7, 11) is 0. The number of benzene rings is 1. The number of unbranched alkanes of at least 4 members (excludes halogenated alkanes) is 1. The van der Waals surface area contributed by atoms with Crippen LogP contribution in [0.1, 0.15) is 79.2 Å². The van der Waals surface area contributed by atoms with E-state index in [1.165, 1.54) is 15.8 Å².